The molecule has 1 N–H and O–H groups in total. The van der Waals surface area contributed by atoms with E-state index in [1.165, 1.54) is 0 Å². The van der Waals surface area contributed by atoms with Crippen molar-refractivity contribution in [2.45, 2.75) is 161 Å². The molecule has 9 nitrogen and oxygen atoms in total. The van der Waals surface area contributed by atoms with Gasteiger partial charge in [0.05, 0.1) is 27.7 Å². The van der Waals surface area contributed by atoms with Gasteiger partial charge in [-0.1, -0.05) is 167 Å². The van der Waals surface area contributed by atoms with Crippen LogP contribution in [0.4, 0.5) is 0 Å². The molecule has 0 aromatic rings. The van der Waals surface area contributed by atoms with Crippen molar-refractivity contribution in [3.63, 3.8) is 0 Å². The fraction of sp³-hybridized carbons (Fsp3) is 0.571. The average molecular weight is 937 g/mol. The third-order valence-corrected chi connectivity index (χ3v) is 10.7. The first kappa shape index (κ1) is 62.1. The Bertz CT molecular complexity index is 1570. The Morgan fingerprint density at radius 1 is 0.470 bits per heavy atom. The molecule has 0 rings (SSSR count). The van der Waals surface area contributed by atoms with Gasteiger partial charge >= 0.3 is 19.8 Å². The minimum atomic E-state index is -4.41. The van der Waals surface area contributed by atoms with Crippen LogP contribution in [0.2, 0.25) is 0 Å². The molecule has 0 amide bonds. The lowest BCUT2D eigenvalue weighted by Gasteiger charge is -2.24. The Morgan fingerprint density at radius 2 is 0.818 bits per heavy atom. The van der Waals surface area contributed by atoms with Gasteiger partial charge in [-0.25, -0.2) is 4.57 Å². The molecule has 0 heterocycles. The Morgan fingerprint density at radius 3 is 1.21 bits per heavy atom. The zero-order valence-corrected chi connectivity index (χ0v) is 42.8. The summed E-state index contributed by atoms with van der Waals surface area (Å²) >= 11 is 0. The largest absolute Gasteiger partial charge is 0.472 e. The fourth-order valence-electron chi connectivity index (χ4n) is 5.87. The van der Waals surface area contributed by atoms with E-state index in [-0.39, 0.29) is 26.1 Å². The van der Waals surface area contributed by atoms with Gasteiger partial charge in [-0.2, -0.15) is 0 Å². The minimum absolute atomic E-state index is 0.0118. The van der Waals surface area contributed by atoms with Crippen LogP contribution in [0.15, 0.2) is 134 Å². The molecular weight excluding hydrogens is 846 g/mol. The fourth-order valence-corrected chi connectivity index (χ4v) is 6.61. The maximum atomic E-state index is 12.8. The zero-order chi connectivity index (χ0) is 48.5. The first-order valence-corrected chi connectivity index (χ1v) is 26.4. The second kappa shape index (κ2) is 46.3. The van der Waals surface area contributed by atoms with Gasteiger partial charge in [0.15, 0.2) is 6.10 Å². The predicted octanol–water partition coefficient (Wildman–Crippen LogP) is 15.0. The summed E-state index contributed by atoms with van der Waals surface area (Å²) < 4.78 is 34.4. The molecular formula is C56H91NO8P+. The second-order valence-electron chi connectivity index (χ2n) is 17.1. The second-order valence-corrected chi connectivity index (χ2v) is 18.5. The summed E-state index contributed by atoms with van der Waals surface area (Å²) in [6.07, 6.45) is 66.4. The third kappa shape index (κ3) is 49.6. The maximum Gasteiger partial charge on any atom is 0.472 e. The number of carbonyl (C=O) groups excluding carboxylic acids is 2. The Balaban J connectivity index is 4.44. The third-order valence-electron chi connectivity index (χ3n) is 9.68. The van der Waals surface area contributed by atoms with Gasteiger partial charge in [-0.05, 0) is 109 Å². The summed E-state index contributed by atoms with van der Waals surface area (Å²) in [5.74, 6) is -0.880. The van der Waals surface area contributed by atoms with Crippen LogP contribution in [0.3, 0.4) is 0 Å². The van der Waals surface area contributed by atoms with E-state index in [0.717, 1.165) is 116 Å². The molecule has 66 heavy (non-hydrogen) atoms. The Labute approximate surface area is 402 Å². The van der Waals surface area contributed by atoms with Crippen molar-refractivity contribution < 1.29 is 42.1 Å². The van der Waals surface area contributed by atoms with E-state index in [1.807, 2.05) is 21.1 Å². The molecule has 0 aromatic carbocycles. The average Bonchev–Trinajstić information content (AvgIpc) is 3.27. The molecule has 0 bridgehead atoms. The molecule has 0 aromatic heterocycles. The summed E-state index contributed by atoms with van der Waals surface area (Å²) in [7, 11) is 1.41. The Kier molecular flexibility index (Phi) is 43.6. The van der Waals surface area contributed by atoms with Crippen LogP contribution in [-0.4, -0.2) is 74.9 Å². The molecule has 2 atom stereocenters. The smallest absolute Gasteiger partial charge is 0.462 e. The van der Waals surface area contributed by atoms with Crippen molar-refractivity contribution in [2.24, 2.45) is 0 Å². The monoisotopic (exact) mass is 937 g/mol. The van der Waals surface area contributed by atoms with Gasteiger partial charge in [0.1, 0.15) is 19.8 Å². The minimum Gasteiger partial charge on any atom is -0.462 e. The number of hydrogen-bond acceptors (Lipinski definition) is 7. The molecule has 0 fully saturated rings. The van der Waals surface area contributed by atoms with Crippen LogP contribution in [0, 0.1) is 0 Å². The number of carbonyl (C=O) groups is 2. The molecule has 10 heteroatoms. The van der Waals surface area contributed by atoms with Gasteiger partial charge in [-0.15, -0.1) is 0 Å². The highest BCUT2D eigenvalue weighted by molar-refractivity contribution is 7.47. The van der Waals surface area contributed by atoms with E-state index in [4.69, 9.17) is 18.5 Å². The molecule has 0 aliphatic rings. The first-order chi connectivity index (χ1) is 32.0. The number of allylic oxidation sites excluding steroid dienone is 22. The number of ether oxygens (including phenoxy) is 2. The highest BCUT2D eigenvalue weighted by Gasteiger charge is 2.27. The van der Waals surface area contributed by atoms with Gasteiger partial charge in [0, 0.05) is 12.8 Å². The summed E-state index contributed by atoms with van der Waals surface area (Å²) in [6.45, 7) is 4.09. The summed E-state index contributed by atoms with van der Waals surface area (Å²) in [6, 6.07) is 0. The highest BCUT2D eigenvalue weighted by Crippen LogP contribution is 2.43. The van der Waals surface area contributed by atoms with Gasteiger partial charge < -0.3 is 18.9 Å². The van der Waals surface area contributed by atoms with E-state index >= 15 is 0 Å². The van der Waals surface area contributed by atoms with E-state index in [0.29, 0.717) is 23.9 Å². The molecule has 0 saturated carbocycles. The quantitative estimate of drug-likeness (QED) is 0.0212. The highest BCUT2D eigenvalue weighted by atomic mass is 31.2. The van der Waals surface area contributed by atoms with Crippen molar-refractivity contribution in [3.8, 4) is 0 Å². The SMILES string of the molecule is CC/C=C\C/C=C\C/C=C\C/C=C\C/C=C\C/C=C\CCCCCCC(=O)OC(COC(=O)CCCCC/C=C\C/C=C\C/C=C\C/C=C\C/C=C\CC)COP(=O)(O)OCC[N+](C)(C)C. The van der Waals surface area contributed by atoms with Crippen LogP contribution in [0.5, 0.6) is 0 Å². The lowest BCUT2D eigenvalue weighted by Crippen LogP contribution is -2.37. The Hall–Kier alpha value is -3.85. The van der Waals surface area contributed by atoms with E-state index in [9.17, 15) is 19.0 Å². The summed E-state index contributed by atoms with van der Waals surface area (Å²) in [4.78, 5) is 35.5. The van der Waals surface area contributed by atoms with E-state index < -0.39 is 32.5 Å². The zero-order valence-electron chi connectivity index (χ0n) is 41.9. The topological polar surface area (TPSA) is 108 Å². The number of phosphoric ester groups is 1. The van der Waals surface area contributed by atoms with Gasteiger partial charge in [0.25, 0.3) is 0 Å². The number of esters is 2. The molecule has 372 valence electrons. The van der Waals surface area contributed by atoms with Crippen LogP contribution in [0.25, 0.3) is 0 Å². The first-order valence-electron chi connectivity index (χ1n) is 24.9. The lowest BCUT2D eigenvalue weighted by molar-refractivity contribution is -0.870. The number of hydrogen-bond donors (Lipinski definition) is 1. The van der Waals surface area contributed by atoms with Crippen LogP contribution >= 0.6 is 7.82 Å². The molecule has 2 unspecified atom stereocenters. The van der Waals surface area contributed by atoms with E-state index in [2.05, 4.69) is 148 Å². The number of unbranched alkanes of at least 4 members (excludes halogenated alkanes) is 7. The molecule has 0 saturated heterocycles. The molecule has 0 spiro atoms. The van der Waals surface area contributed by atoms with Crippen LogP contribution in [0.1, 0.15) is 155 Å². The number of likely N-dealkylation sites (N-methyl/N-ethyl adjacent to an activating group) is 1. The normalized spacial score (nSPS) is 14.6. The van der Waals surface area contributed by atoms with Crippen molar-refractivity contribution in [2.75, 3.05) is 47.5 Å². The molecule has 0 aliphatic heterocycles. The number of nitrogens with zero attached hydrogens (tertiary/aromatic N) is 1. The van der Waals surface area contributed by atoms with Crippen molar-refractivity contribution in [1.82, 2.24) is 0 Å². The van der Waals surface area contributed by atoms with Gasteiger partial charge in [0.2, 0.25) is 0 Å². The molecule has 0 aliphatic carbocycles. The standard InChI is InChI=1S/C56H90NO8P/c1-6-8-10-12-14-16-18-20-22-24-26-27-28-29-31-33-35-37-39-41-43-45-47-49-56(59)65-54(53-64-66(60,61)63-51-50-57(3,4)5)52-62-55(58)48-46-44-42-40-38-36-34-32-30-25-23-21-19-17-15-13-11-9-7-2/h8-11,14-17,20-23,26-27,29-32,35-38,54H,6-7,12-13,18-19,24-25,28,33-34,39-53H2,1-5H3/p+1/b10-8-,11-9-,16-14-,17-15-,22-20-,23-21-,27-26-,31-29-,32-30-,37-35-,38-36-. The number of rotatable bonds is 43. The number of phosphoric acid groups is 1. The molecule has 0 radical (unpaired) electrons. The van der Waals surface area contributed by atoms with Crippen LogP contribution in [-0.2, 0) is 32.7 Å². The summed E-state index contributed by atoms with van der Waals surface area (Å²) in [5, 5.41) is 0. The number of quaternary nitrogens is 1. The lowest BCUT2D eigenvalue weighted by atomic mass is 10.1. The van der Waals surface area contributed by atoms with Crippen LogP contribution < -0.4 is 0 Å². The van der Waals surface area contributed by atoms with Crippen molar-refractivity contribution >= 4 is 19.8 Å². The van der Waals surface area contributed by atoms with Crippen molar-refractivity contribution in [3.05, 3.63) is 134 Å². The summed E-state index contributed by atoms with van der Waals surface area (Å²) in [5.41, 5.74) is 0. The maximum absolute atomic E-state index is 12.8. The predicted molar refractivity (Wildman–Crippen MR) is 279 cm³/mol. The van der Waals surface area contributed by atoms with E-state index in [1.54, 1.807) is 0 Å². The van der Waals surface area contributed by atoms with Crippen molar-refractivity contribution in [1.29, 1.82) is 0 Å². The van der Waals surface area contributed by atoms with Gasteiger partial charge in [-0.3, -0.25) is 18.6 Å².